The first-order valence-corrected chi connectivity index (χ1v) is 4.86. The molecule has 0 saturated heterocycles. The quantitative estimate of drug-likeness (QED) is 0.804. The van der Waals surface area contributed by atoms with Crippen molar-refractivity contribution < 1.29 is 9.47 Å². The van der Waals surface area contributed by atoms with Gasteiger partial charge in [-0.3, -0.25) is 0 Å². The number of benzene rings is 1. The first kappa shape index (κ1) is 10.1. The molecule has 1 aliphatic heterocycles. The van der Waals surface area contributed by atoms with Crippen molar-refractivity contribution in [3.05, 3.63) is 18.2 Å². The van der Waals surface area contributed by atoms with Gasteiger partial charge in [-0.25, -0.2) is 0 Å². The molecule has 1 aromatic rings. The van der Waals surface area contributed by atoms with Crippen LogP contribution in [0.5, 0.6) is 5.75 Å². The van der Waals surface area contributed by atoms with Gasteiger partial charge in [0.05, 0.1) is 12.8 Å². The topological polar surface area (TPSA) is 33.7 Å². The molecule has 0 aromatic heterocycles. The number of anilines is 2. The largest absolute Gasteiger partial charge is 0.495 e. The molecule has 4 heteroatoms. The molecule has 1 unspecified atom stereocenters. The van der Waals surface area contributed by atoms with Gasteiger partial charge < -0.3 is 19.7 Å². The van der Waals surface area contributed by atoms with Gasteiger partial charge in [-0.2, -0.15) is 0 Å². The van der Waals surface area contributed by atoms with Crippen molar-refractivity contribution in [3.63, 3.8) is 0 Å². The molecule has 0 fully saturated rings. The summed E-state index contributed by atoms with van der Waals surface area (Å²) in [5.74, 6) is 0.330. The summed E-state index contributed by atoms with van der Waals surface area (Å²) < 4.78 is 10.8. The van der Waals surface area contributed by atoms with Crippen LogP contribution in [-0.4, -0.2) is 27.1 Å². The van der Waals surface area contributed by atoms with Crippen LogP contribution < -0.4 is 15.0 Å². The van der Waals surface area contributed by atoms with E-state index < -0.39 is 5.85 Å². The fourth-order valence-corrected chi connectivity index (χ4v) is 1.83. The number of hydrogen-bond donors (Lipinski definition) is 1. The van der Waals surface area contributed by atoms with Gasteiger partial charge in [0.25, 0.3) is 0 Å². The van der Waals surface area contributed by atoms with Crippen LogP contribution in [0.1, 0.15) is 6.92 Å². The van der Waals surface area contributed by atoms with Crippen molar-refractivity contribution in [2.45, 2.75) is 12.8 Å². The molecule has 82 valence electrons. The highest BCUT2D eigenvalue weighted by Crippen LogP contribution is 2.44. The van der Waals surface area contributed by atoms with Gasteiger partial charge in [-0.15, -0.1) is 0 Å². The van der Waals surface area contributed by atoms with E-state index >= 15 is 0 Å². The SMILES string of the molecule is COc1cccc2c1NC(C)(OC)N2C. The zero-order chi connectivity index (χ0) is 11.1. The predicted molar refractivity (Wildman–Crippen MR) is 60.4 cm³/mol. The third kappa shape index (κ3) is 1.33. The second-order valence-corrected chi connectivity index (χ2v) is 3.73. The molecule has 1 aliphatic rings. The second-order valence-electron chi connectivity index (χ2n) is 3.73. The van der Waals surface area contributed by atoms with Crippen LogP contribution in [0.4, 0.5) is 11.4 Å². The molecule has 0 radical (unpaired) electrons. The van der Waals surface area contributed by atoms with E-state index in [4.69, 9.17) is 9.47 Å². The van der Waals surface area contributed by atoms with Crippen molar-refractivity contribution in [3.8, 4) is 5.75 Å². The van der Waals surface area contributed by atoms with E-state index in [-0.39, 0.29) is 0 Å². The van der Waals surface area contributed by atoms with Crippen LogP contribution in [0.3, 0.4) is 0 Å². The maximum absolute atomic E-state index is 5.45. The Morgan fingerprint density at radius 1 is 1.33 bits per heavy atom. The van der Waals surface area contributed by atoms with Crippen molar-refractivity contribution in [1.29, 1.82) is 0 Å². The lowest BCUT2D eigenvalue weighted by molar-refractivity contribution is 0.0374. The summed E-state index contributed by atoms with van der Waals surface area (Å²) in [6, 6.07) is 5.94. The molecule has 4 nitrogen and oxygen atoms in total. The fourth-order valence-electron chi connectivity index (χ4n) is 1.83. The number of nitrogens with one attached hydrogen (secondary N) is 1. The fraction of sp³-hybridized carbons (Fsp3) is 0.455. The lowest BCUT2D eigenvalue weighted by atomic mass is 10.2. The van der Waals surface area contributed by atoms with Gasteiger partial charge >= 0.3 is 0 Å². The van der Waals surface area contributed by atoms with E-state index in [1.54, 1.807) is 14.2 Å². The molecule has 15 heavy (non-hydrogen) atoms. The minimum Gasteiger partial charge on any atom is -0.495 e. The average molecular weight is 208 g/mol. The third-order valence-corrected chi connectivity index (χ3v) is 2.98. The molecule has 0 amide bonds. The summed E-state index contributed by atoms with van der Waals surface area (Å²) in [4.78, 5) is 2.05. The maximum atomic E-state index is 5.45. The van der Waals surface area contributed by atoms with E-state index in [9.17, 15) is 0 Å². The highest BCUT2D eigenvalue weighted by molar-refractivity contribution is 5.82. The maximum Gasteiger partial charge on any atom is 0.215 e. The Labute approximate surface area is 89.8 Å². The molecule has 1 N–H and O–H groups in total. The van der Waals surface area contributed by atoms with E-state index in [1.807, 2.05) is 37.1 Å². The lowest BCUT2D eigenvalue weighted by Crippen LogP contribution is -2.47. The Morgan fingerprint density at radius 2 is 2.07 bits per heavy atom. The van der Waals surface area contributed by atoms with Crippen molar-refractivity contribution in [2.24, 2.45) is 0 Å². The Balaban J connectivity index is 2.49. The Morgan fingerprint density at radius 3 is 2.67 bits per heavy atom. The molecular weight excluding hydrogens is 192 g/mol. The Bertz CT molecular complexity index is 381. The van der Waals surface area contributed by atoms with E-state index in [2.05, 4.69) is 5.32 Å². The standard InChI is InChI=1S/C11H16N2O2/c1-11(15-4)12-10-8(13(11)2)6-5-7-9(10)14-3/h5-7,12H,1-4H3. The van der Waals surface area contributed by atoms with Crippen molar-refractivity contribution in [2.75, 3.05) is 31.5 Å². The normalized spacial score (nSPS) is 23.6. The molecule has 1 heterocycles. The summed E-state index contributed by atoms with van der Waals surface area (Å²) in [5.41, 5.74) is 2.06. The van der Waals surface area contributed by atoms with Crippen molar-refractivity contribution in [1.82, 2.24) is 0 Å². The van der Waals surface area contributed by atoms with Gasteiger partial charge in [-0.1, -0.05) is 6.07 Å². The molecule has 2 rings (SSSR count). The van der Waals surface area contributed by atoms with E-state index in [0.717, 1.165) is 17.1 Å². The van der Waals surface area contributed by atoms with E-state index in [1.165, 1.54) is 0 Å². The van der Waals surface area contributed by atoms with Gasteiger partial charge in [0.2, 0.25) is 5.85 Å². The number of rotatable bonds is 2. The van der Waals surface area contributed by atoms with Crippen molar-refractivity contribution >= 4 is 11.4 Å². The smallest absolute Gasteiger partial charge is 0.215 e. The summed E-state index contributed by atoms with van der Waals surface area (Å²) in [5, 5.41) is 3.31. The number of methoxy groups -OCH3 is 2. The number of ether oxygens (including phenoxy) is 2. The second kappa shape index (κ2) is 3.31. The van der Waals surface area contributed by atoms with Gasteiger partial charge in [0.1, 0.15) is 11.4 Å². The molecule has 0 saturated carbocycles. The molecule has 0 aliphatic carbocycles. The highest BCUT2D eigenvalue weighted by atomic mass is 16.5. The predicted octanol–water partition coefficient (Wildman–Crippen LogP) is 1.88. The minimum atomic E-state index is -0.503. The molecule has 1 atom stereocenters. The summed E-state index contributed by atoms with van der Waals surface area (Å²) in [6.07, 6.45) is 0. The number of para-hydroxylation sites is 1. The van der Waals surface area contributed by atoms with Crippen LogP contribution in [-0.2, 0) is 4.74 Å². The first-order chi connectivity index (χ1) is 7.12. The summed E-state index contributed by atoms with van der Waals surface area (Å²) >= 11 is 0. The minimum absolute atomic E-state index is 0.503. The Hall–Kier alpha value is -1.42. The van der Waals surface area contributed by atoms with Crippen LogP contribution >= 0.6 is 0 Å². The van der Waals surface area contributed by atoms with Gasteiger partial charge in [0.15, 0.2) is 0 Å². The average Bonchev–Trinajstić information content (AvgIpc) is 2.53. The van der Waals surface area contributed by atoms with Crippen LogP contribution in [0.25, 0.3) is 0 Å². The highest BCUT2D eigenvalue weighted by Gasteiger charge is 2.38. The molecule has 0 spiro atoms. The van der Waals surface area contributed by atoms with Crippen LogP contribution in [0.2, 0.25) is 0 Å². The van der Waals surface area contributed by atoms with Gasteiger partial charge in [0, 0.05) is 21.1 Å². The Kier molecular flexibility index (Phi) is 2.23. The zero-order valence-corrected chi connectivity index (χ0v) is 9.50. The van der Waals surface area contributed by atoms with E-state index in [0.29, 0.717) is 0 Å². The zero-order valence-electron chi connectivity index (χ0n) is 9.50. The summed E-state index contributed by atoms with van der Waals surface area (Å²) in [6.45, 7) is 1.98. The van der Waals surface area contributed by atoms with Crippen LogP contribution in [0, 0.1) is 0 Å². The molecular formula is C11H16N2O2. The van der Waals surface area contributed by atoms with Crippen LogP contribution in [0.15, 0.2) is 18.2 Å². The molecule has 1 aromatic carbocycles. The number of fused-ring (bicyclic) bond motifs is 1. The first-order valence-electron chi connectivity index (χ1n) is 4.86. The third-order valence-electron chi connectivity index (χ3n) is 2.98. The van der Waals surface area contributed by atoms with Gasteiger partial charge in [-0.05, 0) is 12.1 Å². The molecule has 0 bridgehead atoms. The number of hydrogen-bond acceptors (Lipinski definition) is 4. The summed E-state index contributed by atoms with van der Waals surface area (Å²) in [7, 11) is 5.34. The monoisotopic (exact) mass is 208 g/mol. The number of nitrogens with zero attached hydrogens (tertiary/aromatic N) is 1. The lowest BCUT2D eigenvalue weighted by Gasteiger charge is -2.31.